The average Bonchev–Trinajstić information content (AvgIpc) is 1.97. The lowest BCUT2D eigenvalue weighted by Gasteiger charge is -2.03. The summed E-state index contributed by atoms with van der Waals surface area (Å²) in [4.78, 5) is 10.7. The summed E-state index contributed by atoms with van der Waals surface area (Å²) in [5.41, 5.74) is 5.41. The SMILES string of the molecule is C=C(C)C(=O)OCCOCN. The smallest absolute Gasteiger partial charge is 0.333 e. The Morgan fingerprint density at radius 1 is 1.55 bits per heavy atom. The van der Waals surface area contributed by atoms with Crippen LogP contribution in [0.25, 0.3) is 0 Å². The maximum absolute atomic E-state index is 10.7. The first-order valence-corrected chi connectivity index (χ1v) is 3.29. The Hall–Kier alpha value is -0.870. The molecule has 0 aromatic rings. The zero-order chi connectivity index (χ0) is 8.69. The van der Waals surface area contributed by atoms with E-state index in [1.165, 1.54) is 0 Å². The molecular formula is C7H13NO3. The van der Waals surface area contributed by atoms with Gasteiger partial charge in [-0.3, -0.25) is 0 Å². The van der Waals surface area contributed by atoms with Crippen molar-refractivity contribution in [2.75, 3.05) is 19.9 Å². The Kier molecular flexibility index (Phi) is 5.42. The molecule has 11 heavy (non-hydrogen) atoms. The highest BCUT2D eigenvalue weighted by molar-refractivity contribution is 5.86. The van der Waals surface area contributed by atoms with Gasteiger partial charge in [-0.15, -0.1) is 0 Å². The molecule has 0 spiro atoms. The van der Waals surface area contributed by atoms with E-state index < -0.39 is 5.97 Å². The van der Waals surface area contributed by atoms with E-state index >= 15 is 0 Å². The van der Waals surface area contributed by atoms with Crippen molar-refractivity contribution < 1.29 is 14.3 Å². The molecule has 64 valence electrons. The first kappa shape index (κ1) is 10.1. The van der Waals surface area contributed by atoms with Crippen LogP contribution in [0.1, 0.15) is 6.92 Å². The summed E-state index contributed by atoms with van der Waals surface area (Å²) in [5, 5.41) is 0. The molecule has 4 heteroatoms. The number of carbonyl (C=O) groups is 1. The summed E-state index contributed by atoms with van der Waals surface area (Å²) in [6.07, 6.45) is 0. The molecule has 2 N–H and O–H groups in total. The molecule has 0 fully saturated rings. The van der Waals surface area contributed by atoms with E-state index in [0.717, 1.165) is 0 Å². The van der Waals surface area contributed by atoms with E-state index in [-0.39, 0.29) is 13.3 Å². The average molecular weight is 159 g/mol. The van der Waals surface area contributed by atoms with Crippen molar-refractivity contribution in [3.8, 4) is 0 Å². The van der Waals surface area contributed by atoms with Crippen molar-refractivity contribution in [1.29, 1.82) is 0 Å². The minimum Gasteiger partial charge on any atom is -0.460 e. The fourth-order valence-electron chi connectivity index (χ4n) is 0.400. The number of rotatable bonds is 5. The van der Waals surface area contributed by atoms with E-state index in [4.69, 9.17) is 10.5 Å². The van der Waals surface area contributed by atoms with Crippen LogP contribution in [-0.4, -0.2) is 25.9 Å². The molecule has 0 aliphatic carbocycles. The van der Waals surface area contributed by atoms with Crippen molar-refractivity contribution in [2.45, 2.75) is 6.92 Å². The van der Waals surface area contributed by atoms with E-state index in [0.29, 0.717) is 12.2 Å². The first-order chi connectivity index (χ1) is 5.18. The van der Waals surface area contributed by atoms with Crippen LogP contribution >= 0.6 is 0 Å². The molecule has 0 aliphatic rings. The topological polar surface area (TPSA) is 61.5 Å². The van der Waals surface area contributed by atoms with Crippen LogP contribution < -0.4 is 5.73 Å². The number of ether oxygens (including phenoxy) is 2. The second kappa shape index (κ2) is 5.88. The highest BCUT2D eigenvalue weighted by Gasteiger charge is 2.00. The predicted molar refractivity (Wildman–Crippen MR) is 40.8 cm³/mol. The van der Waals surface area contributed by atoms with Gasteiger partial charge in [-0.1, -0.05) is 6.58 Å². The van der Waals surface area contributed by atoms with Crippen LogP contribution in [0.3, 0.4) is 0 Å². The van der Waals surface area contributed by atoms with Crippen LogP contribution in [0.4, 0.5) is 0 Å². The third-order valence-corrected chi connectivity index (χ3v) is 0.927. The molecule has 0 bridgehead atoms. The van der Waals surface area contributed by atoms with Crippen molar-refractivity contribution in [3.05, 3.63) is 12.2 Å². The summed E-state index contributed by atoms with van der Waals surface area (Å²) < 4.78 is 9.42. The molecule has 0 radical (unpaired) electrons. The molecule has 0 aromatic heterocycles. The number of hydrogen-bond donors (Lipinski definition) is 1. The van der Waals surface area contributed by atoms with Gasteiger partial charge in [-0.25, -0.2) is 4.79 Å². The molecule has 0 atom stereocenters. The third-order valence-electron chi connectivity index (χ3n) is 0.927. The van der Waals surface area contributed by atoms with Gasteiger partial charge in [0.15, 0.2) is 0 Å². The number of hydrogen-bond acceptors (Lipinski definition) is 4. The lowest BCUT2D eigenvalue weighted by molar-refractivity contribution is -0.140. The fourth-order valence-corrected chi connectivity index (χ4v) is 0.400. The number of esters is 1. The molecule has 0 aromatic carbocycles. The van der Waals surface area contributed by atoms with Crippen LogP contribution in [-0.2, 0) is 14.3 Å². The first-order valence-electron chi connectivity index (χ1n) is 3.29. The molecule has 0 saturated carbocycles. The zero-order valence-electron chi connectivity index (χ0n) is 6.63. The van der Waals surface area contributed by atoms with Crippen molar-refractivity contribution in [2.24, 2.45) is 5.73 Å². The molecule has 0 saturated heterocycles. The highest BCUT2D eigenvalue weighted by atomic mass is 16.6. The molecule has 4 nitrogen and oxygen atoms in total. The van der Waals surface area contributed by atoms with Crippen LogP contribution in [0, 0.1) is 0 Å². The second-order valence-corrected chi connectivity index (χ2v) is 1.99. The van der Waals surface area contributed by atoms with Gasteiger partial charge >= 0.3 is 5.97 Å². The van der Waals surface area contributed by atoms with Crippen molar-refractivity contribution in [1.82, 2.24) is 0 Å². The molecule has 0 rings (SSSR count). The normalized spacial score (nSPS) is 9.27. The maximum Gasteiger partial charge on any atom is 0.333 e. The Bertz CT molecular complexity index is 145. The largest absolute Gasteiger partial charge is 0.460 e. The highest BCUT2D eigenvalue weighted by Crippen LogP contribution is 1.90. The number of carbonyl (C=O) groups excluding carboxylic acids is 1. The zero-order valence-corrected chi connectivity index (χ0v) is 6.63. The summed E-state index contributed by atoms with van der Waals surface area (Å²) in [6.45, 7) is 5.70. The van der Waals surface area contributed by atoms with Gasteiger partial charge in [0.1, 0.15) is 6.61 Å². The molecule has 0 heterocycles. The van der Waals surface area contributed by atoms with E-state index in [9.17, 15) is 4.79 Å². The minimum atomic E-state index is -0.398. The van der Waals surface area contributed by atoms with Crippen LogP contribution in [0.5, 0.6) is 0 Å². The monoisotopic (exact) mass is 159 g/mol. The Morgan fingerprint density at radius 2 is 2.18 bits per heavy atom. The fraction of sp³-hybridized carbons (Fsp3) is 0.571. The van der Waals surface area contributed by atoms with Crippen LogP contribution in [0.2, 0.25) is 0 Å². The van der Waals surface area contributed by atoms with Crippen LogP contribution in [0.15, 0.2) is 12.2 Å². The van der Waals surface area contributed by atoms with E-state index in [2.05, 4.69) is 11.3 Å². The number of nitrogens with two attached hydrogens (primary N) is 1. The van der Waals surface area contributed by atoms with Gasteiger partial charge in [0.05, 0.1) is 13.3 Å². The lowest BCUT2D eigenvalue weighted by atomic mass is 10.4. The van der Waals surface area contributed by atoms with E-state index in [1.807, 2.05) is 0 Å². The van der Waals surface area contributed by atoms with Gasteiger partial charge < -0.3 is 15.2 Å². The van der Waals surface area contributed by atoms with Crippen molar-refractivity contribution in [3.63, 3.8) is 0 Å². The van der Waals surface area contributed by atoms with Gasteiger partial charge in [-0.2, -0.15) is 0 Å². The molecular weight excluding hydrogens is 146 g/mol. The second-order valence-electron chi connectivity index (χ2n) is 1.99. The standard InChI is InChI=1S/C7H13NO3/c1-6(2)7(9)11-4-3-10-5-8/h1,3-5,8H2,2H3. The Balaban J connectivity index is 3.25. The minimum absolute atomic E-state index is 0.143. The lowest BCUT2D eigenvalue weighted by Crippen LogP contribution is -2.13. The predicted octanol–water partition coefficient (Wildman–Crippen LogP) is 0.0385. The summed E-state index contributed by atoms with van der Waals surface area (Å²) in [6, 6.07) is 0. The Labute approximate surface area is 66.0 Å². The quantitative estimate of drug-likeness (QED) is 0.266. The van der Waals surface area contributed by atoms with Gasteiger partial charge in [0.2, 0.25) is 0 Å². The molecule has 0 amide bonds. The Morgan fingerprint density at radius 3 is 2.64 bits per heavy atom. The van der Waals surface area contributed by atoms with Gasteiger partial charge in [0.25, 0.3) is 0 Å². The summed E-state index contributed by atoms with van der Waals surface area (Å²) in [5.74, 6) is -0.398. The summed E-state index contributed by atoms with van der Waals surface area (Å²) in [7, 11) is 0. The molecule has 0 unspecified atom stereocenters. The maximum atomic E-state index is 10.7. The van der Waals surface area contributed by atoms with Crippen molar-refractivity contribution >= 4 is 5.97 Å². The molecule has 0 aliphatic heterocycles. The van der Waals surface area contributed by atoms with Gasteiger partial charge in [0, 0.05) is 5.57 Å². The summed E-state index contributed by atoms with van der Waals surface area (Å²) >= 11 is 0. The van der Waals surface area contributed by atoms with E-state index in [1.54, 1.807) is 6.92 Å². The third kappa shape index (κ3) is 5.57. The van der Waals surface area contributed by atoms with Gasteiger partial charge in [-0.05, 0) is 6.92 Å².